The molecule has 114 valence electrons. The Bertz CT molecular complexity index is 628. The number of ether oxygens (including phenoxy) is 2. The fourth-order valence-corrected chi connectivity index (χ4v) is 2.36. The van der Waals surface area contributed by atoms with Gasteiger partial charge in [-0.1, -0.05) is 17.7 Å². The summed E-state index contributed by atoms with van der Waals surface area (Å²) in [5.41, 5.74) is 1.94. The molecule has 1 heterocycles. The van der Waals surface area contributed by atoms with Crippen LogP contribution in [0.4, 0.5) is 5.69 Å². The first-order chi connectivity index (χ1) is 10.7. The molecule has 2 aromatic carbocycles. The number of anilines is 1. The van der Waals surface area contributed by atoms with Gasteiger partial charge in [-0.3, -0.25) is 4.79 Å². The second-order valence-corrected chi connectivity index (χ2v) is 5.43. The molecule has 0 radical (unpaired) electrons. The standard InChI is InChI=1S/C18H19NO3/c1-13-4-8-15(9-5-13)22-16-10-6-14(7-11-16)19-18(20)17-3-2-12-21-17/h4-11,17H,2-3,12H2,1H3,(H,19,20). The number of aryl methyl sites for hydroxylation is 1. The lowest BCUT2D eigenvalue weighted by atomic mass is 10.2. The lowest BCUT2D eigenvalue weighted by molar-refractivity contribution is -0.124. The van der Waals surface area contributed by atoms with Crippen LogP contribution in [0.5, 0.6) is 11.5 Å². The van der Waals surface area contributed by atoms with Crippen LogP contribution in [0.2, 0.25) is 0 Å². The first-order valence-corrected chi connectivity index (χ1v) is 7.48. The largest absolute Gasteiger partial charge is 0.457 e. The van der Waals surface area contributed by atoms with Gasteiger partial charge in [-0.25, -0.2) is 0 Å². The van der Waals surface area contributed by atoms with Crippen molar-refractivity contribution in [1.82, 2.24) is 0 Å². The minimum Gasteiger partial charge on any atom is -0.457 e. The lowest BCUT2D eigenvalue weighted by Crippen LogP contribution is -2.26. The zero-order valence-electron chi connectivity index (χ0n) is 12.5. The number of nitrogens with one attached hydrogen (secondary N) is 1. The van der Waals surface area contributed by atoms with Crippen LogP contribution in [-0.4, -0.2) is 18.6 Å². The van der Waals surface area contributed by atoms with E-state index < -0.39 is 0 Å². The van der Waals surface area contributed by atoms with Gasteiger partial charge in [0.15, 0.2) is 0 Å². The molecule has 1 unspecified atom stereocenters. The smallest absolute Gasteiger partial charge is 0.253 e. The van der Waals surface area contributed by atoms with E-state index in [1.54, 1.807) is 0 Å². The van der Waals surface area contributed by atoms with Gasteiger partial charge in [0, 0.05) is 12.3 Å². The number of benzene rings is 2. The monoisotopic (exact) mass is 297 g/mol. The lowest BCUT2D eigenvalue weighted by Gasteiger charge is -2.11. The summed E-state index contributed by atoms with van der Waals surface area (Å²) in [5, 5.41) is 2.86. The number of carbonyl (C=O) groups excluding carboxylic acids is 1. The van der Waals surface area contributed by atoms with Gasteiger partial charge in [-0.05, 0) is 56.2 Å². The topological polar surface area (TPSA) is 47.6 Å². The van der Waals surface area contributed by atoms with Crippen molar-refractivity contribution in [3.8, 4) is 11.5 Å². The highest BCUT2D eigenvalue weighted by atomic mass is 16.5. The molecule has 0 aromatic heterocycles. The molecule has 0 saturated carbocycles. The van der Waals surface area contributed by atoms with Gasteiger partial charge in [0.2, 0.25) is 0 Å². The van der Waals surface area contributed by atoms with Gasteiger partial charge in [0.25, 0.3) is 5.91 Å². The molecule has 3 rings (SSSR count). The van der Waals surface area contributed by atoms with Gasteiger partial charge in [0.1, 0.15) is 17.6 Å². The Kier molecular flexibility index (Phi) is 4.39. The van der Waals surface area contributed by atoms with Crippen LogP contribution in [0.15, 0.2) is 48.5 Å². The maximum atomic E-state index is 12.0. The van der Waals surface area contributed by atoms with Gasteiger partial charge in [0.05, 0.1) is 0 Å². The van der Waals surface area contributed by atoms with Crippen LogP contribution >= 0.6 is 0 Å². The SMILES string of the molecule is Cc1ccc(Oc2ccc(NC(=O)C3CCCO3)cc2)cc1. The van der Waals surface area contributed by atoms with Crippen molar-refractivity contribution in [3.63, 3.8) is 0 Å². The Morgan fingerprint density at radius 3 is 2.32 bits per heavy atom. The highest BCUT2D eigenvalue weighted by Crippen LogP contribution is 2.23. The number of hydrogen-bond donors (Lipinski definition) is 1. The van der Waals surface area contributed by atoms with Crippen molar-refractivity contribution in [3.05, 3.63) is 54.1 Å². The summed E-state index contributed by atoms with van der Waals surface area (Å²) in [5.74, 6) is 1.45. The molecule has 1 fully saturated rings. The number of amides is 1. The fraction of sp³-hybridized carbons (Fsp3) is 0.278. The fourth-order valence-electron chi connectivity index (χ4n) is 2.36. The Labute approximate surface area is 130 Å². The Morgan fingerprint density at radius 1 is 1.09 bits per heavy atom. The third-order valence-electron chi connectivity index (χ3n) is 3.60. The molecule has 1 N–H and O–H groups in total. The Hall–Kier alpha value is -2.33. The van der Waals surface area contributed by atoms with Crippen LogP contribution in [0, 0.1) is 6.92 Å². The summed E-state index contributed by atoms with van der Waals surface area (Å²) >= 11 is 0. The predicted octanol–water partition coefficient (Wildman–Crippen LogP) is 3.90. The zero-order valence-corrected chi connectivity index (χ0v) is 12.5. The van der Waals surface area contributed by atoms with E-state index in [1.165, 1.54) is 5.56 Å². The van der Waals surface area contributed by atoms with Crippen molar-refractivity contribution in [2.45, 2.75) is 25.9 Å². The van der Waals surface area contributed by atoms with E-state index in [9.17, 15) is 4.79 Å². The third kappa shape index (κ3) is 3.65. The molecule has 1 amide bonds. The van der Waals surface area contributed by atoms with Crippen molar-refractivity contribution in [1.29, 1.82) is 0 Å². The molecular weight excluding hydrogens is 278 g/mol. The molecule has 1 aliphatic heterocycles. The number of hydrogen-bond acceptors (Lipinski definition) is 3. The Morgan fingerprint density at radius 2 is 1.73 bits per heavy atom. The number of carbonyl (C=O) groups is 1. The van der Waals surface area contributed by atoms with E-state index in [0.717, 1.165) is 30.0 Å². The molecule has 1 atom stereocenters. The second kappa shape index (κ2) is 6.62. The van der Waals surface area contributed by atoms with Crippen LogP contribution in [0.3, 0.4) is 0 Å². The molecule has 22 heavy (non-hydrogen) atoms. The van der Waals surface area contributed by atoms with E-state index in [0.29, 0.717) is 6.61 Å². The van der Waals surface area contributed by atoms with E-state index in [2.05, 4.69) is 5.32 Å². The molecule has 4 nitrogen and oxygen atoms in total. The van der Waals surface area contributed by atoms with E-state index >= 15 is 0 Å². The molecular formula is C18H19NO3. The summed E-state index contributed by atoms with van der Waals surface area (Å²) in [6.07, 6.45) is 1.42. The van der Waals surface area contributed by atoms with Crippen molar-refractivity contribution < 1.29 is 14.3 Å². The highest BCUT2D eigenvalue weighted by Gasteiger charge is 2.23. The average molecular weight is 297 g/mol. The summed E-state index contributed by atoms with van der Waals surface area (Å²) in [4.78, 5) is 12.0. The molecule has 0 spiro atoms. The van der Waals surface area contributed by atoms with Crippen LogP contribution in [0.1, 0.15) is 18.4 Å². The van der Waals surface area contributed by atoms with E-state index in [4.69, 9.17) is 9.47 Å². The normalized spacial score (nSPS) is 17.2. The molecule has 4 heteroatoms. The van der Waals surface area contributed by atoms with E-state index in [-0.39, 0.29) is 12.0 Å². The molecule has 0 bridgehead atoms. The third-order valence-corrected chi connectivity index (χ3v) is 3.60. The van der Waals surface area contributed by atoms with Crippen LogP contribution in [0.25, 0.3) is 0 Å². The molecule has 0 aliphatic carbocycles. The highest BCUT2D eigenvalue weighted by molar-refractivity contribution is 5.94. The Balaban J connectivity index is 1.60. The zero-order chi connectivity index (χ0) is 15.4. The van der Waals surface area contributed by atoms with Crippen molar-refractivity contribution in [2.75, 3.05) is 11.9 Å². The average Bonchev–Trinajstić information content (AvgIpc) is 3.06. The van der Waals surface area contributed by atoms with Gasteiger partial charge < -0.3 is 14.8 Å². The predicted molar refractivity (Wildman–Crippen MR) is 85.3 cm³/mol. The quantitative estimate of drug-likeness (QED) is 0.931. The van der Waals surface area contributed by atoms with Crippen LogP contribution < -0.4 is 10.1 Å². The minimum absolute atomic E-state index is 0.0790. The molecule has 1 saturated heterocycles. The maximum absolute atomic E-state index is 12.0. The molecule has 2 aromatic rings. The molecule has 1 aliphatic rings. The maximum Gasteiger partial charge on any atom is 0.253 e. The summed E-state index contributed by atoms with van der Waals surface area (Å²) in [7, 11) is 0. The first-order valence-electron chi connectivity index (χ1n) is 7.48. The van der Waals surface area contributed by atoms with Gasteiger partial charge in [-0.15, -0.1) is 0 Å². The summed E-state index contributed by atoms with van der Waals surface area (Å²) in [6.45, 7) is 2.71. The van der Waals surface area contributed by atoms with Crippen LogP contribution in [-0.2, 0) is 9.53 Å². The van der Waals surface area contributed by atoms with Gasteiger partial charge >= 0.3 is 0 Å². The first kappa shape index (κ1) is 14.6. The van der Waals surface area contributed by atoms with Crippen molar-refractivity contribution in [2.24, 2.45) is 0 Å². The van der Waals surface area contributed by atoms with Gasteiger partial charge in [-0.2, -0.15) is 0 Å². The summed E-state index contributed by atoms with van der Waals surface area (Å²) < 4.78 is 11.1. The second-order valence-electron chi connectivity index (χ2n) is 5.43. The number of rotatable bonds is 4. The van der Waals surface area contributed by atoms with Crippen molar-refractivity contribution >= 4 is 11.6 Å². The minimum atomic E-state index is -0.316. The summed E-state index contributed by atoms with van der Waals surface area (Å²) in [6, 6.07) is 15.2. The van der Waals surface area contributed by atoms with E-state index in [1.807, 2.05) is 55.5 Å².